The van der Waals surface area contributed by atoms with Crippen LogP contribution < -0.4 is 128 Å². The molecule has 0 bridgehead atoms. The van der Waals surface area contributed by atoms with Crippen LogP contribution in [0.3, 0.4) is 0 Å². The standard InChI is InChI=1S/4C4H7NO5S.19C4H11N/c4*1-3(6)2-4(7)5-11(8,9)10;19*1-4(2,3)5/h4*2H2,1H3,(H,5,7)(H,8,9,10);19*5H2,1-3H3. The Bertz CT molecular complexity index is 2650. The van der Waals surface area contributed by atoms with Gasteiger partial charge in [0.1, 0.15) is 23.1 Å². The number of amides is 4. The fourth-order valence-electron chi connectivity index (χ4n) is 1.62. The van der Waals surface area contributed by atoms with Crippen molar-refractivity contribution in [3.63, 3.8) is 0 Å². The molecule has 4 amide bonds. The summed E-state index contributed by atoms with van der Waals surface area (Å²) < 4.78 is 116. The molecule has 0 fully saturated rings. The first-order valence-electron chi connectivity index (χ1n) is 44.3. The number of hydrogen-bond acceptors (Lipinski definition) is 35. The minimum absolute atomic E-state index is 0. The van der Waals surface area contributed by atoms with Gasteiger partial charge in [0.15, 0.2) is 0 Å². The van der Waals surface area contributed by atoms with Gasteiger partial charge in [-0.3, -0.25) is 56.6 Å². The molecule has 0 aliphatic carbocycles. The fraction of sp³-hybridized carbons (Fsp3) is 0.913. The number of nitrogens with one attached hydrogen (secondary N) is 4. The monoisotopic (exact) mass is 2110 g/mol. The van der Waals surface area contributed by atoms with Crippen LogP contribution in [0.25, 0.3) is 0 Å². The maximum Gasteiger partial charge on any atom is 0.359 e. The fourth-order valence-corrected chi connectivity index (χ4v) is 3.06. The van der Waals surface area contributed by atoms with E-state index in [-0.39, 0.29) is 105 Å². The molecule has 0 saturated carbocycles. The SMILES string of the molecule is CC(=O)CC(=O)NS(=O)(=O)O.CC(=O)CC(=O)NS(=O)(=O)O.CC(=O)CC(=O)NS(=O)(=O)O.CC(=O)CC(=O)NS(=O)(=O)O.CC(C)(C)N.CC(C)(C)N.CC(C)(C)N.CC(C)(C)N.CC(C)(C)N.CC(C)(C)N.CC(C)(C)N.CC(C)(C)N.CC(C)(C)N.CC(C)(C)N.CC(C)(C)N.CC(C)(C)N.CC(C)(C)N.CC(C)(C)N.CC(C)(C)N.CC(C)(C)N.CC(C)(C)N.CC(C)(C)N.CC(C)(C)N. The van der Waals surface area contributed by atoms with Crippen LogP contribution >= 0.6 is 0 Å². The third-order valence-electron chi connectivity index (χ3n) is 2.61. The molecule has 0 aromatic carbocycles. The van der Waals surface area contributed by atoms with Crippen molar-refractivity contribution in [3.8, 4) is 0 Å². The number of nitrogens with two attached hydrogens (primary N) is 19. The molecule has 0 saturated heterocycles. The Hall–Kier alpha value is -4.56. The van der Waals surface area contributed by atoms with E-state index in [9.17, 15) is 72.0 Å². The highest BCUT2D eigenvalue weighted by atomic mass is 32.2. The Balaban J connectivity index is -0.0000000486. The molecular weight excluding hydrogens is 1880 g/mol. The molecule has 0 spiro atoms. The molecule has 0 aliphatic heterocycles. The Morgan fingerprint density at radius 1 is 0.151 bits per heavy atom. The van der Waals surface area contributed by atoms with Crippen LogP contribution in [0.2, 0.25) is 0 Å². The summed E-state index contributed by atoms with van der Waals surface area (Å²) >= 11 is 0. The van der Waals surface area contributed by atoms with Crippen LogP contribution in [0.1, 0.15) is 448 Å². The summed E-state index contributed by atoms with van der Waals surface area (Å²) in [6, 6.07) is 0. The molecule has 0 atom stereocenters. The molecule has 0 aromatic heterocycles. The molecule has 864 valence electrons. The minimum Gasteiger partial charge on any atom is -0.326 e. The number of carbonyl (C=O) groups excluding carboxylic acids is 8. The van der Waals surface area contributed by atoms with Crippen molar-refractivity contribution < 1.29 is 90.2 Å². The van der Waals surface area contributed by atoms with Gasteiger partial charge in [0, 0.05) is 105 Å². The van der Waals surface area contributed by atoms with Gasteiger partial charge in [-0.1, -0.05) is 0 Å². The highest BCUT2D eigenvalue weighted by Crippen LogP contribution is 1.98. The normalized spacial score (nSPS) is 11.6. The van der Waals surface area contributed by atoms with Crippen molar-refractivity contribution in [1.29, 1.82) is 0 Å². The van der Waals surface area contributed by atoms with Crippen LogP contribution in [0.4, 0.5) is 0 Å². The lowest BCUT2D eigenvalue weighted by Gasteiger charge is -2.06. The second-order valence-corrected chi connectivity index (χ2v) is 57.1. The van der Waals surface area contributed by atoms with Gasteiger partial charge in [0.2, 0.25) is 23.6 Å². The number of carbonyl (C=O) groups is 8. The Labute approximate surface area is 854 Å². The van der Waals surface area contributed by atoms with Crippen molar-refractivity contribution in [3.05, 3.63) is 0 Å². The zero-order chi connectivity index (χ0) is 122. The zero-order valence-electron chi connectivity index (χ0n) is 100. The summed E-state index contributed by atoms with van der Waals surface area (Å²) in [5, 5.41) is 0. The lowest BCUT2D eigenvalue weighted by atomic mass is 10.1. The Morgan fingerprint density at radius 2 is 0.187 bits per heavy atom. The summed E-state index contributed by atoms with van der Waals surface area (Å²) in [4.78, 5) is 82.4. The third-order valence-corrected chi connectivity index (χ3v) is 4.55. The molecule has 0 aliphatic rings. The zero-order valence-corrected chi connectivity index (χ0v) is 104. The van der Waals surface area contributed by atoms with E-state index in [0.29, 0.717) is 0 Å². The molecule has 0 unspecified atom stereocenters. The topological polar surface area (TPSA) is 897 Å². The average molecular weight is 2110 g/mol. The summed E-state index contributed by atoms with van der Waals surface area (Å²) in [7, 11) is -18.1. The van der Waals surface area contributed by atoms with Gasteiger partial charge in [-0.05, 0) is 422 Å². The quantitative estimate of drug-likeness (QED) is 0.0638. The van der Waals surface area contributed by atoms with Gasteiger partial charge >= 0.3 is 41.2 Å². The van der Waals surface area contributed by atoms with Crippen molar-refractivity contribution in [2.45, 2.75) is 553 Å². The molecule has 139 heavy (non-hydrogen) atoms. The molecular formula is C92H237N23O20S4. The lowest BCUT2D eigenvalue weighted by Crippen LogP contribution is -2.30. The van der Waals surface area contributed by atoms with Crippen LogP contribution in [0.5, 0.6) is 0 Å². The first-order valence-corrected chi connectivity index (χ1v) is 50.1. The van der Waals surface area contributed by atoms with E-state index < -0.39 is 114 Å². The third kappa shape index (κ3) is 2330. The van der Waals surface area contributed by atoms with E-state index in [1.807, 2.05) is 395 Å². The number of ketones is 4. The number of Topliss-reactive ketones (excluding diaryl/α,β-unsaturated/α-hetero) is 4. The predicted octanol–water partition coefficient (Wildman–Crippen LogP) is 9.67. The van der Waals surface area contributed by atoms with Crippen molar-refractivity contribution in [2.24, 2.45) is 109 Å². The van der Waals surface area contributed by atoms with Crippen molar-refractivity contribution in [1.82, 2.24) is 18.9 Å². The van der Waals surface area contributed by atoms with Crippen molar-refractivity contribution in [2.75, 3.05) is 0 Å². The first kappa shape index (κ1) is 193. The molecule has 43 nitrogen and oxygen atoms in total. The van der Waals surface area contributed by atoms with Gasteiger partial charge in [-0.2, -0.15) is 33.7 Å². The van der Waals surface area contributed by atoms with Gasteiger partial charge in [-0.15, -0.1) is 0 Å². The molecule has 0 heterocycles. The summed E-state index contributed by atoms with van der Waals surface area (Å²) in [5.74, 6) is -6.09. The molecule has 0 aromatic rings. The van der Waals surface area contributed by atoms with E-state index in [4.69, 9.17) is 127 Å². The van der Waals surface area contributed by atoms with Crippen molar-refractivity contribution >= 4 is 88.0 Å². The lowest BCUT2D eigenvalue weighted by molar-refractivity contribution is -0.127. The van der Waals surface area contributed by atoms with Gasteiger partial charge in [0.05, 0.1) is 25.7 Å². The Kier molecular flexibility index (Phi) is 119. The molecule has 0 radical (unpaired) electrons. The highest BCUT2D eigenvalue weighted by molar-refractivity contribution is 7.85. The maximum absolute atomic E-state index is 10.4. The highest BCUT2D eigenvalue weighted by Gasteiger charge is 2.16. The smallest absolute Gasteiger partial charge is 0.326 e. The average Bonchev–Trinajstić information content (AvgIpc) is 0.952. The number of hydrogen-bond donors (Lipinski definition) is 27. The molecule has 47 heteroatoms. The van der Waals surface area contributed by atoms with Gasteiger partial charge in [0.25, 0.3) is 0 Å². The van der Waals surface area contributed by atoms with E-state index in [2.05, 4.69) is 0 Å². The summed E-state index contributed by atoms with van der Waals surface area (Å²) in [5.41, 5.74) is 102. The Morgan fingerprint density at radius 3 is 0.209 bits per heavy atom. The summed E-state index contributed by atoms with van der Waals surface area (Å²) in [6.07, 6.45) is -2.22. The molecule has 46 N–H and O–H groups in total. The maximum atomic E-state index is 10.4. The second kappa shape index (κ2) is 85.5. The largest absolute Gasteiger partial charge is 0.359 e. The van der Waals surface area contributed by atoms with E-state index in [1.165, 1.54) is 18.9 Å². The molecule has 0 rings (SSSR count). The van der Waals surface area contributed by atoms with Crippen LogP contribution in [0.15, 0.2) is 0 Å². The van der Waals surface area contributed by atoms with E-state index >= 15 is 0 Å². The summed E-state index contributed by atoms with van der Waals surface area (Å²) in [6.45, 7) is 117. The van der Waals surface area contributed by atoms with Gasteiger partial charge in [-0.25, -0.2) is 18.9 Å². The second-order valence-electron chi connectivity index (χ2n) is 52.5. The predicted molar refractivity (Wildman–Crippen MR) is 595 cm³/mol. The van der Waals surface area contributed by atoms with Crippen LogP contribution in [-0.2, 0) is 79.6 Å². The number of rotatable bonds is 12. The van der Waals surface area contributed by atoms with E-state index in [1.54, 1.807) is 0 Å². The van der Waals surface area contributed by atoms with Crippen LogP contribution in [0, 0.1) is 0 Å². The van der Waals surface area contributed by atoms with Gasteiger partial charge < -0.3 is 109 Å². The van der Waals surface area contributed by atoms with E-state index in [0.717, 1.165) is 27.7 Å². The van der Waals surface area contributed by atoms with Crippen LogP contribution in [-0.4, -0.2) is 204 Å². The minimum atomic E-state index is -4.52. The first-order chi connectivity index (χ1) is 57.2.